The second-order valence-corrected chi connectivity index (χ2v) is 11.0. The van der Waals surface area contributed by atoms with Crippen LogP contribution < -0.4 is 5.32 Å². The quantitative estimate of drug-likeness (QED) is 0.413. The van der Waals surface area contributed by atoms with Crippen molar-refractivity contribution >= 4 is 33.4 Å². The zero-order chi connectivity index (χ0) is 26.1. The molecule has 1 atom stereocenters. The van der Waals surface area contributed by atoms with Crippen LogP contribution in [0.1, 0.15) is 16.7 Å². The SMILES string of the molecule is CN(CC(=O)N(Cc1ccccc1)C(Cc1ccccc1)C(=O)NCc1ccccc1Cl)S(C)(=O)=O. The first kappa shape index (κ1) is 27.4. The summed E-state index contributed by atoms with van der Waals surface area (Å²) in [4.78, 5) is 28.5. The molecule has 36 heavy (non-hydrogen) atoms. The number of carbonyl (C=O) groups excluding carboxylic acids is 2. The number of rotatable bonds is 11. The highest BCUT2D eigenvalue weighted by molar-refractivity contribution is 7.88. The number of hydrogen-bond acceptors (Lipinski definition) is 4. The van der Waals surface area contributed by atoms with E-state index in [0.29, 0.717) is 5.02 Å². The lowest BCUT2D eigenvalue weighted by atomic mass is 10.0. The Morgan fingerprint density at radius 2 is 1.44 bits per heavy atom. The van der Waals surface area contributed by atoms with Crippen LogP contribution in [0.4, 0.5) is 0 Å². The fourth-order valence-electron chi connectivity index (χ4n) is 3.67. The van der Waals surface area contributed by atoms with Crippen LogP contribution in [-0.2, 0) is 39.1 Å². The first-order valence-electron chi connectivity index (χ1n) is 11.4. The Kier molecular flexibility index (Phi) is 9.64. The normalized spacial score (nSPS) is 12.2. The molecule has 0 bridgehead atoms. The molecular formula is C27H30ClN3O4S. The third-order valence-corrected chi connectivity index (χ3v) is 7.43. The average Bonchev–Trinajstić information content (AvgIpc) is 2.86. The highest BCUT2D eigenvalue weighted by Crippen LogP contribution is 2.17. The Morgan fingerprint density at radius 3 is 2.03 bits per heavy atom. The van der Waals surface area contributed by atoms with Crippen LogP contribution in [0.3, 0.4) is 0 Å². The molecule has 0 fully saturated rings. The van der Waals surface area contributed by atoms with Gasteiger partial charge in [0.2, 0.25) is 21.8 Å². The molecule has 0 aliphatic carbocycles. The van der Waals surface area contributed by atoms with Gasteiger partial charge in [-0.25, -0.2) is 8.42 Å². The molecule has 7 nitrogen and oxygen atoms in total. The first-order chi connectivity index (χ1) is 17.1. The maximum Gasteiger partial charge on any atom is 0.243 e. The number of amides is 2. The fourth-order valence-corrected chi connectivity index (χ4v) is 4.22. The summed E-state index contributed by atoms with van der Waals surface area (Å²) in [5.74, 6) is -0.828. The van der Waals surface area contributed by atoms with Crippen LogP contribution in [0, 0.1) is 0 Å². The minimum absolute atomic E-state index is 0.147. The predicted molar refractivity (Wildman–Crippen MR) is 142 cm³/mol. The number of hydrogen-bond donors (Lipinski definition) is 1. The summed E-state index contributed by atoms with van der Waals surface area (Å²) in [6, 6.07) is 25.0. The van der Waals surface area contributed by atoms with E-state index < -0.39 is 22.0 Å². The van der Waals surface area contributed by atoms with Gasteiger partial charge in [0.05, 0.1) is 12.8 Å². The zero-order valence-electron chi connectivity index (χ0n) is 20.3. The summed E-state index contributed by atoms with van der Waals surface area (Å²) in [6.07, 6.45) is 1.30. The van der Waals surface area contributed by atoms with Crippen molar-refractivity contribution in [1.82, 2.24) is 14.5 Å². The summed E-state index contributed by atoms with van der Waals surface area (Å²) in [7, 11) is -2.24. The van der Waals surface area contributed by atoms with Gasteiger partial charge in [-0.1, -0.05) is 90.5 Å². The molecule has 1 N–H and O–H groups in total. The summed E-state index contributed by atoms with van der Waals surface area (Å²) in [5, 5.41) is 3.45. The number of nitrogens with zero attached hydrogens (tertiary/aromatic N) is 2. The number of likely N-dealkylation sites (N-methyl/N-ethyl adjacent to an activating group) is 1. The van der Waals surface area contributed by atoms with Gasteiger partial charge in [0.1, 0.15) is 6.04 Å². The number of carbonyl (C=O) groups is 2. The van der Waals surface area contributed by atoms with E-state index in [4.69, 9.17) is 11.6 Å². The van der Waals surface area contributed by atoms with Gasteiger partial charge in [-0.3, -0.25) is 9.59 Å². The summed E-state index contributed by atoms with van der Waals surface area (Å²) in [5.41, 5.74) is 2.45. The molecule has 9 heteroatoms. The van der Waals surface area contributed by atoms with Crippen LogP contribution >= 0.6 is 11.6 Å². The highest BCUT2D eigenvalue weighted by Gasteiger charge is 2.31. The molecule has 0 spiro atoms. The van der Waals surface area contributed by atoms with Gasteiger partial charge in [0.15, 0.2) is 0 Å². The Hall–Kier alpha value is -3.20. The first-order valence-corrected chi connectivity index (χ1v) is 13.7. The third-order valence-electron chi connectivity index (χ3n) is 5.80. The number of benzene rings is 3. The predicted octanol–water partition coefficient (Wildman–Crippen LogP) is 3.49. The zero-order valence-corrected chi connectivity index (χ0v) is 21.9. The summed E-state index contributed by atoms with van der Waals surface area (Å²) in [6.45, 7) is -0.0382. The monoisotopic (exact) mass is 527 g/mol. The van der Waals surface area contributed by atoms with Crippen molar-refractivity contribution in [3.8, 4) is 0 Å². The van der Waals surface area contributed by atoms with E-state index in [1.807, 2.05) is 78.9 Å². The second-order valence-electron chi connectivity index (χ2n) is 8.54. The second kappa shape index (κ2) is 12.7. The van der Waals surface area contributed by atoms with E-state index in [-0.39, 0.29) is 32.0 Å². The van der Waals surface area contributed by atoms with Gasteiger partial charge in [-0.2, -0.15) is 4.31 Å². The number of halogens is 1. The fraction of sp³-hybridized carbons (Fsp3) is 0.259. The molecule has 190 valence electrons. The Morgan fingerprint density at radius 1 is 0.889 bits per heavy atom. The lowest BCUT2D eigenvalue weighted by Gasteiger charge is -2.32. The molecule has 3 rings (SSSR count). The standard InChI is InChI=1S/C27H30ClN3O4S/c1-30(36(2,34)35)20-26(32)31(19-22-13-7-4-8-14-22)25(17-21-11-5-3-6-12-21)27(33)29-18-23-15-9-10-16-24(23)28/h3-16,25H,17-20H2,1-2H3,(H,29,33). The molecule has 3 aromatic carbocycles. The minimum atomic E-state index is -3.59. The van der Waals surface area contributed by atoms with Crippen LogP contribution in [0.15, 0.2) is 84.9 Å². The largest absolute Gasteiger partial charge is 0.350 e. The molecule has 3 aromatic rings. The van der Waals surface area contributed by atoms with Gasteiger partial charge < -0.3 is 10.2 Å². The minimum Gasteiger partial charge on any atom is -0.350 e. The van der Waals surface area contributed by atoms with Gasteiger partial charge in [0.25, 0.3) is 0 Å². The van der Waals surface area contributed by atoms with Gasteiger partial charge in [-0.05, 0) is 22.8 Å². The van der Waals surface area contributed by atoms with Crippen LogP contribution in [0.2, 0.25) is 5.02 Å². The summed E-state index contributed by atoms with van der Waals surface area (Å²) < 4.78 is 25.0. The van der Waals surface area contributed by atoms with E-state index in [9.17, 15) is 18.0 Å². The molecular weight excluding hydrogens is 498 g/mol. The van der Waals surface area contributed by atoms with Crippen molar-refractivity contribution in [1.29, 1.82) is 0 Å². The maximum atomic E-state index is 13.6. The average molecular weight is 528 g/mol. The Balaban J connectivity index is 1.94. The molecule has 1 unspecified atom stereocenters. The van der Waals surface area contributed by atoms with Gasteiger partial charge >= 0.3 is 0 Å². The highest BCUT2D eigenvalue weighted by atomic mass is 35.5. The molecule has 0 saturated carbocycles. The smallest absolute Gasteiger partial charge is 0.243 e. The molecule has 0 saturated heterocycles. The van der Waals surface area contributed by atoms with E-state index in [1.165, 1.54) is 11.9 Å². The van der Waals surface area contributed by atoms with Gasteiger partial charge in [-0.15, -0.1) is 0 Å². The molecule has 0 radical (unpaired) electrons. The van der Waals surface area contributed by atoms with Crippen molar-refractivity contribution in [2.24, 2.45) is 0 Å². The van der Waals surface area contributed by atoms with E-state index in [2.05, 4.69) is 5.32 Å². The molecule has 2 amide bonds. The molecule has 0 aliphatic rings. The van der Waals surface area contributed by atoms with Crippen molar-refractivity contribution < 1.29 is 18.0 Å². The number of nitrogens with one attached hydrogen (secondary N) is 1. The van der Waals surface area contributed by atoms with E-state index in [1.54, 1.807) is 6.07 Å². The molecule has 0 heterocycles. The molecule has 0 aliphatic heterocycles. The summed E-state index contributed by atoms with van der Waals surface area (Å²) >= 11 is 6.26. The topological polar surface area (TPSA) is 86.8 Å². The van der Waals surface area contributed by atoms with Crippen LogP contribution in [-0.4, -0.2) is 55.3 Å². The van der Waals surface area contributed by atoms with Crippen molar-refractivity contribution in [2.45, 2.75) is 25.6 Å². The Bertz CT molecular complexity index is 1270. The number of sulfonamides is 1. The Labute approximate surface area is 217 Å². The van der Waals surface area contributed by atoms with Crippen LogP contribution in [0.25, 0.3) is 0 Å². The van der Waals surface area contributed by atoms with Crippen LogP contribution in [0.5, 0.6) is 0 Å². The lowest BCUT2D eigenvalue weighted by molar-refractivity contribution is -0.141. The van der Waals surface area contributed by atoms with Crippen molar-refractivity contribution in [3.05, 3.63) is 107 Å². The maximum absolute atomic E-state index is 13.6. The van der Waals surface area contributed by atoms with Gasteiger partial charge in [0, 0.05) is 31.6 Å². The lowest BCUT2D eigenvalue weighted by Crippen LogP contribution is -2.52. The van der Waals surface area contributed by atoms with E-state index >= 15 is 0 Å². The van der Waals surface area contributed by atoms with E-state index in [0.717, 1.165) is 27.3 Å². The van der Waals surface area contributed by atoms with Crippen molar-refractivity contribution in [2.75, 3.05) is 19.8 Å². The molecule has 0 aromatic heterocycles. The van der Waals surface area contributed by atoms with Crippen molar-refractivity contribution in [3.63, 3.8) is 0 Å². The third kappa shape index (κ3) is 7.91.